The van der Waals surface area contributed by atoms with Gasteiger partial charge in [-0.2, -0.15) is 0 Å². The zero-order chi connectivity index (χ0) is 9.47. The van der Waals surface area contributed by atoms with E-state index in [0.29, 0.717) is 11.8 Å². The summed E-state index contributed by atoms with van der Waals surface area (Å²) in [6.07, 6.45) is 6.68. The highest BCUT2D eigenvalue weighted by Crippen LogP contribution is 2.66. The molecule has 2 heteroatoms. The monoisotopic (exact) mass is 180 g/mol. The van der Waals surface area contributed by atoms with Crippen LogP contribution in [0.1, 0.15) is 25.7 Å². The summed E-state index contributed by atoms with van der Waals surface area (Å²) in [5.41, 5.74) is -0.300. The predicted molar refractivity (Wildman–Crippen MR) is 50.1 cm³/mol. The molecule has 0 aliphatic heterocycles. The molecule has 0 N–H and O–H groups in total. The van der Waals surface area contributed by atoms with E-state index in [0.717, 1.165) is 0 Å². The molecule has 2 nitrogen and oxygen atoms in total. The molecule has 0 unspecified atom stereocenters. The third-order valence-electron chi connectivity index (χ3n) is 3.76. The molecule has 0 saturated heterocycles. The number of methoxy groups -OCH3 is 1. The van der Waals surface area contributed by atoms with Crippen LogP contribution in [0.4, 0.5) is 0 Å². The first-order valence-corrected chi connectivity index (χ1v) is 4.99. The SMILES string of the molecule is C=CC1(C(=O)OC)[C@H]2CCCC[C@@H]21. The highest BCUT2D eigenvalue weighted by atomic mass is 16.5. The van der Waals surface area contributed by atoms with Crippen LogP contribution in [0.5, 0.6) is 0 Å². The van der Waals surface area contributed by atoms with Crippen molar-refractivity contribution in [1.29, 1.82) is 0 Å². The van der Waals surface area contributed by atoms with Gasteiger partial charge < -0.3 is 4.74 Å². The average Bonchev–Trinajstić information content (AvgIpc) is 2.86. The third kappa shape index (κ3) is 0.976. The van der Waals surface area contributed by atoms with Crippen LogP contribution in [-0.4, -0.2) is 13.1 Å². The Balaban J connectivity index is 2.19. The van der Waals surface area contributed by atoms with Gasteiger partial charge in [-0.1, -0.05) is 18.9 Å². The summed E-state index contributed by atoms with van der Waals surface area (Å²) in [6.45, 7) is 3.79. The Bertz CT molecular complexity index is 232. The van der Waals surface area contributed by atoms with Gasteiger partial charge in [0.05, 0.1) is 12.5 Å². The zero-order valence-electron chi connectivity index (χ0n) is 8.08. The smallest absolute Gasteiger partial charge is 0.316 e. The van der Waals surface area contributed by atoms with Crippen LogP contribution in [0.25, 0.3) is 0 Å². The summed E-state index contributed by atoms with van der Waals surface area (Å²) in [6, 6.07) is 0. The second-order valence-corrected chi connectivity index (χ2v) is 4.13. The number of ether oxygens (including phenoxy) is 1. The molecule has 0 aromatic rings. The molecule has 0 heterocycles. The number of carbonyl (C=O) groups excluding carboxylic acids is 1. The molecule has 0 spiro atoms. The maximum absolute atomic E-state index is 11.6. The van der Waals surface area contributed by atoms with Crippen molar-refractivity contribution in [3.63, 3.8) is 0 Å². The fourth-order valence-corrected chi connectivity index (χ4v) is 3.04. The number of fused-ring (bicyclic) bond motifs is 1. The molecule has 2 rings (SSSR count). The molecule has 0 radical (unpaired) electrons. The van der Waals surface area contributed by atoms with E-state index in [2.05, 4.69) is 6.58 Å². The van der Waals surface area contributed by atoms with Crippen molar-refractivity contribution < 1.29 is 9.53 Å². The van der Waals surface area contributed by atoms with E-state index in [1.165, 1.54) is 32.8 Å². The molecule has 13 heavy (non-hydrogen) atoms. The summed E-state index contributed by atoms with van der Waals surface area (Å²) in [5, 5.41) is 0. The van der Waals surface area contributed by atoms with Gasteiger partial charge in [-0.05, 0) is 24.7 Å². The van der Waals surface area contributed by atoms with E-state index in [1.807, 2.05) is 6.08 Å². The van der Waals surface area contributed by atoms with Crippen molar-refractivity contribution in [3.8, 4) is 0 Å². The topological polar surface area (TPSA) is 26.3 Å². The number of hydrogen-bond donors (Lipinski definition) is 0. The van der Waals surface area contributed by atoms with Crippen molar-refractivity contribution in [2.45, 2.75) is 25.7 Å². The van der Waals surface area contributed by atoms with Crippen molar-refractivity contribution in [3.05, 3.63) is 12.7 Å². The molecule has 72 valence electrons. The van der Waals surface area contributed by atoms with Crippen LogP contribution in [0.3, 0.4) is 0 Å². The quantitative estimate of drug-likeness (QED) is 0.481. The Morgan fingerprint density at radius 1 is 1.46 bits per heavy atom. The standard InChI is InChI=1S/C11H16O2/c1-3-11(10(12)13-2)8-6-4-5-7-9(8)11/h3,8-9H,1,4-7H2,2H3/t8-,9-/m0/s1. The number of carbonyl (C=O) groups is 1. The Hall–Kier alpha value is -0.790. The van der Waals surface area contributed by atoms with Gasteiger partial charge in [-0.25, -0.2) is 0 Å². The molecule has 2 saturated carbocycles. The van der Waals surface area contributed by atoms with Gasteiger partial charge in [-0.15, -0.1) is 6.58 Å². The molecule has 2 aliphatic carbocycles. The fourth-order valence-electron chi connectivity index (χ4n) is 3.04. The van der Waals surface area contributed by atoms with E-state index in [-0.39, 0.29) is 11.4 Å². The lowest BCUT2D eigenvalue weighted by Crippen LogP contribution is -2.18. The van der Waals surface area contributed by atoms with Crippen molar-refractivity contribution in [1.82, 2.24) is 0 Å². The normalized spacial score (nSPS) is 41.9. The second-order valence-electron chi connectivity index (χ2n) is 4.13. The van der Waals surface area contributed by atoms with Crippen LogP contribution in [0, 0.1) is 17.3 Å². The molecule has 0 bridgehead atoms. The van der Waals surface area contributed by atoms with Crippen molar-refractivity contribution in [2.75, 3.05) is 7.11 Å². The van der Waals surface area contributed by atoms with Crippen LogP contribution >= 0.6 is 0 Å². The van der Waals surface area contributed by atoms with E-state index in [4.69, 9.17) is 4.74 Å². The molecular formula is C11H16O2. The van der Waals surface area contributed by atoms with E-state index >= 15 is 0 Å². The van der Waals surface area contributed by atoms with Crippen molar-refractivity contribution >= 4 is 5.97 Å². The van der Waals surface area contributed by atoms with Gasteiger partial charge in [-0.3, -0.25) is 4.79 Å². The first-order valence-electron chi connectivity index (χ1n) is 4.99. The number of esters is 1. The summed E-state index contributed by atoms with van der Waals surface area (Å²) in [4.78, 5) is 11.6. The van der Waals surface area contributed by atoms with Gasteiger partial charge >= 0.3 is 5.97 Å². The van der Waals surface area contributed by atoms with E-state index in [9.17, 15) is 4.79 Å². The molecule has 0 amide bonds. The van der Waals surface area contributed by atoms with Gasteiger partial charge in [0.25, 0.3) is 0 Å². The van der Waals surface area contributed by atoms with Crippen LogP contribution in [0.2, 0.25) is 0 Å². The van der Waals surface area contributed by atoms with Gasteiger partial charge in [0.1, 0.15) is 0 Å². The maximum atomic E-state index is 11.6. The lowest BCUT2D eigenvalue weighted by molar-refractivity contribution is -0.146. The molecular weight excluding hydrogens is 164 g/mol. The highest BCUT2D eigenvalue weighted by Gasteiger charge is 2.68. The Labute approximate surface area is 79.0 Å². The van der Waals surface area contributed by atoms with Crippen LogP contribution < -0.4 is 0 Å². The van der Waals surface area contributed by atoms with Gasteiger partial charge in [0, 0.05) is 0 Å². The largest absolute Gasteiger partial charge is 0.468 e. The molecule has 0 aromatic heterocycles. The van der Waals surface area contributed by atoms with Crippen LogP contribution in [0.15, 0.2) is 12.7 Å². The Morgan fingerprint density at radius 2 is 2.00 bits per heavy atom. The van der Waals surface area contributed by atoms with E-state index < -0.39 is 0 Å². The summed E-state index contributed by atoms with van der Waals surface area (Å²) < 4.78 is 4.85. The summed E-state index contributed by atoms with van der Waals surface area (Å²) in [7, 11) is 1.47. The first-order chi connectivity index (χ1) is 6.27. The fraction of sp³-hybridized carbons (Fsp3) is 0.727. The average molecular weight is 180 g/mol. The Kier molecular flexibility index (Phi) is 1.94. The minimum Gasteiger partial charge on any atom is -0.468 e. The lowest BCUT2D eigenvalue weighted by atomic mass is 10.0. The molecule has 2 atom stereocenters. The lowest BCUT2D eigenvalue weighted by Gasteiger charge is -2.08. The zero-order valence-corrected chi connectivity index (χ0v) is 8.08. The first kappa shape index (κ1) is 8.79. The summed E-state index contributed by atoms with van der Waals surface area (Å²) >= 11 is 0. The molecule has 2 fully saturated rings. The molecule has 0 aromatic carbocycles. The van der Waals surface area contributed by atoms with Crippen LogP contribution in [-0.2, 0) is 9.53 Å². The predicted octanol–water partition coefficient (Wildman–Crippen LogP) is 2.15. The minimum atomic E-state index is -0.300. The highest BCUT2D eigenvalue weighted by molar-refractivity contribution is 5.83. The Morgan fingerprint density at radius 3 is 2.38 bits per heavy atom. The van der Waals surface area contributed by atoms with Gasteiger partial charge in [0.2, 0.25) is 0 Å². The second kappa shape index (κ2) is 2.86. The number of hydrogen-bond acceptors (Lipinski definition) is 2. The number of rotatable bonds is 2. The van der Waals surface area contributed by atoms with Gasteiger partial charge in [0.15, 0.2) is 0 Å². The maximum Gasteiger partial charge on any atom is 0.316 e. The summed E-state index contributed by atoms with van der Waals surface area (Å²) in [5.74, 6) is 0.997. The molecule has 2 aliphatic rings. The van der Waals surface area contributed by atoms with Crippen molar-refractivity contribution in [2.24, 2.45) is 17.3 Å². The minimum absolute atomic E-state index is 0.0700. The van der Waals surface area contributed by atoms with E-state index in [1.54, 1.807) is 0 Å². The third-order valence-corrected chi connectivity index (χ3v) is 3.76.